The minimum absolute atomic E-state index is 0.0320. The largest absolute Gasteiger partial charge is 0.327 e. The van der Waals surface area contributed by atoms with E-state index < -0.39 is 5.41 Å². The van der Waals surface area contributed by atoms with Gasteiger partial charge in [0.1, 0.15) is 11.6 Å². The van der Waals surface area contributed by atoms with Gasteiger partial charge in [0.2, 0.25) is 0 Å². The summed E-state index contributed by atoms with van der Waals surface area (Å²) in [5.74, 6) is -0.0981. The summed E-state index contributed by atoms with van der Waals surface area (Å²) in [4.78, 5) is 12.3. The van der Waals surface area contributed by atoms with E-state index in [-0.39, 0.29) is 17.6 Å². The molecule has 0 saturated heterocycles. The first-order chi connectivity index (χ1) is 8.02. The Morgan fingerprint density at radius 3 is 2.65 bits per heavy atom. The average molecular weight is 235 g/mol. The number of nitrogens with two attached hydrogens (primary N) is 1. The average Bonchev–Trinajstić information content (AvgIpc) is 2.64. The van der Waals surface area contributed by atoms with Crippen molar-refractivity contribution >= 4 is 5.78 Å². The van der Waals surface area contributed by atoms with Crippen LogP contribution < -0.4 is 5.73 Å². The number of ketones is 1. The molecule has 0 spiro atoms. The fourth-order valence-electron chi connectivity index (χ4n) is 2.53. The van der Waals surface area contributed by atoms with Crippen molar-refractivity contribution < 1.29 is 9.18 Å². The second-order valence-electron chi connectivity index (χ2n) is 5.14. The highest BCUT2D eigenvalue weighted by Gasteiger charge is 2.42. The highest BCUT2D eigenvalue weighted by atomic mass is 19.1. The third-order valence-electron chi connectivity index (χ3n) is 3.94. The second kappa shape index (κ2) is 4.57. The fourth-order valence-corrected chi connectivity index (χ4v) is 2.53. The van der Waals surface area contributed by atoms with Crippen molar-refractivity contribution in [2.45, 2.75) is 38.6 Å². The first-order valence-corrected chi connectivity index (χ1v) is 6.06. The molecule has 1 saturated carbocycles. The molecular weight excluding hydrogens is 217 g/mol. The number of halogens is 1. The highest BCUT2D eigenvalue weighted by Crippen LogP contribution is 2.38. The maximum absolute atomic E-state index is 12.8. The Kier molecular flexibility index (Phi) is 3.29. The molecule has 2 N–H and O–H groups in total. The Hall–Kier alpha value is -1.22. The zero-order valence-electron chi connectivity index (χ0n) is 10.1. The molecule has 1 aromatic carbocycles. The predicted molar refractivity (Wildman–Crippen MR) is 65.0 cm³/mol. The minimum atomic E-state index is -0.394. The van der Waals surface area contributed by atoms with Crippen LogP contribution >= 0.6 is 0 Å². The number of carbonyl (C=O) groups excluding carboxylic acids is 1. The molecular formula is C14H18FNO. The molecule has 2 rings (SSSR count). The van der Waals surface area contributed by atoms with Crippen LogP contribution in [0.2, 0.25) is 0 Å². The quantitative estimate of drug-likeness (QED) is 0.874. The summed E-state index contributed by atoms with van der Waals surface area (Å²) >= 11 is 0. The van der Waals surface area contributed by atoms with E-state index in [0.717, 1.165) is 24.8 Å². The van der Waals surface area contributed by atoms with Gasteiger partial charge in [0.15, 0.2) is 0 Å². The molecule has 1 aliphatic rings. The summed E-state index contributed by atoms with van der Waals surface area (Å²) in [5.41, 5.74) is 6.47. The van der Waals surface area contributed by atoms with Crippen molar-refractivity contribution in [3.63, 3.8) is 0 Å². The lowest BCUT2D eigenvalue weighted by Gasteiger charge is -2.27. The van der Waals surface area contributed by atoms with Crippen LogP contribution in [-0.4, -0.2) is 11.8 Å². The Labute approximate surface area is 101 Å². The standard InChI is InChI=1S/C14H18FNO/c1-14(8-2-3-12(14)16)13(17)9-10-4-6-11(15)7-5-10/h4-7,12H,2-3,8-9,16H2,1H3. The first-order valence-electron chi connectivity index (χ1n) is 6.06. The second-order valence-corrected chi connectivity index (χ2v) is 5.14. The molecule has 1 aliphatic carbocycles. The first kappa shape index (κ1) is 12.2. The predicted octanol–water partition coefficient (Wildman–Crippen LogP) is 2.45. The van der Waals surface area contributed by atoms with Gasteiger partial charge in [-0.05, 0) is 30.5 Å². The van der Waals surface area contributed by atoms with Gasteiger partial charge in [0, 0.05) is 17.9 Å². The molecule has 92 valence electrons. The van der Waals surface area contributed by atoms with E-state index in [9.17, 15) is 9.18 Å². The number of Topliss-reactive ketones (excluding diaryl/α,β-unsaturated/α-hetero) is 1. The molecule has 0 aromatic heterocycles. The Bertz CT molecular complexity index is 415. The van der Waals surface area contributed by atoms with Crippen LogP contribution in [0.25, 0.3) is 0 Å². The molecule has 17 heavy (non-hydrogen) atoms. The van der Waals surface area contributed by atoms with E-state index in [0.29, 0.717) is 6.42 Å². The Morgan fingerprint density at radius 1 is 1.47 bits per heavy atom. The van der Waals surface area contributed by atoms with Crippen LogP contribution in [0.15, 0.2) is 24.3 Å². The molecule has 1 fully saturated rings. The zero-order chi connectivity index (χ0) is 12.5. The van der Waals surface area contributed by atoms with Crippen LogP contribution in [0.5, 0.6) is 0 Å². The number of rotatable bonds is 3. The summed E-state index contributed by atoms with van der Waals surface area (Å²) in [6.07, 6.45) is 3.16. The molecule has 0 amide bonds. The normalized spacial score (nSPS) is 28.3. The molecule has 3 heteroatoms. The van der Waals surface area contributed by atoms with Gasteiger partial charge < -0.3 is 5.73 Å². The SMILES string of the molecule is CC1(C(=O)Cc2ccc(F)cc2)CCCC1N. The van der Waals surface area contributed by atoms with Crippen LogP contribution in [0.3, 0.4) is 0 Å². The monoisotopic (exact) mass is 235 g/mol. The Morgan fingerprint density at radius 2 is 2.12 bits per heavy atom. The molecule has 0 aliphatic heterocycles. The van der Waals surface area contributed by atoms with Gasteiger partial charge in [-0.2, -0.15) is 0 Å². The lowest BCUT2D eigenvalue weighted by atomic mass is 9.78. The maximum atomic E-state index is 12.8. The summed E-state index contributed by atoms with van der Waals surface area (Å²) in [6.45, 7) is 1.95. The molecule has 2 unspecified atom stereocenters. The lowest BCUT2D eigenvalue weighted by Crippen LogP contribution is -2.41. The lowest BCUT2D eigenvalue weighted by molar-refractivity contribution is -0.127. The van der Waals surface area contributed by atoms with Crippen molar-refractivity contribution in [1.82, 2.24) is 0 Å². The third-order valence-corrected chi connectivity index (χ3v) is 3.94. The van der Waals surface area contributed by atoms with E-state index in [1.165, 1.54) is 12.1 Å². The van der Waals surface area contributed by atoms with Crippen molar-refractivity contribution in [3.8, 4) is 0 Å². The van der Waals surface area contributed by atoms with Crippen molar-refractivity contribution in [1.29, 1.82) is 0 Å². The number of hydrogen-bond donors (Lipinski definition) is 1. The number of hydrogen-bond acceptors (Lipinski definition) is 2. The van der Waals surface area contributed by atoms with E-state index in [1.807, 2.05) is 6.92 Å². The van der Waals surface area contributed by atoms with Gasteiger partial charge in [-0.1, -0.05) is 25.5 Å². The van der Waals surface area contributed by atoms with E-state index in [4.69, 9.17) is 5.73 Å². The van der Waals surface area contributed by atoms with Gasteiger partial charge in [-0.3, -0.25) is 4.79 Å². The third kappa shape index (κ3) is 2.39. The fraction of sp³-hybridized carbons (Fsp3) is 0.500. The molecule has 1 aromatic rings. The van der Waals surface area contributed by atoms with Crippen molar-refractivity contribution in [2.75, 3.05) is 0 Å². The molecule has 0 heterocycles. The molecule has 0 radical (unpaired) electrons. The summed E-state index contributed by atoms with van der Waals surface area (Å²) in [7, 11) is 0. The minimum Gasteiger partial charge on any atom is -0.327 e. The van der Waals surface area contributed by atoms with E-state index in [1.54, 1.807) is 12.1 Å². The smallest absolute Gasteiger partial charge is 0.144 e. The maximum Gasteiger partial charge on any atom is 0.144 e. The van der Waals surface area contributed by atoms with Crippen LogP contribution in [0.4, 0.5) is 4.39 Å². The zero-order valence-corrected chi connectivity index (χ0v) is 10.1. The molecule has 0 bridgehead atoms. The van der Waals surface area contributed by atoms with Crippen molar-refractivity contribution in [3.05, 3.63) is 35.6 Å². The van der Waals surface area contributed by atoms with E-state index in [2.05, 4.69) is 0 Å². The Balaban J connectivity index is 2.09. The topological polar surface area (TPSA) is 43.1 Å². The summed E-state index contributed by atoms with van der Waals surface area (Å²) in [6, 6.07) is 6.07. The van der Waals surface area contributed by atoms with Gasteiger partial charge in [-0.15, -0.1) is 0 Å². The van der Waals surface area contributed by atoms with Gasteiger partial charge in [0.05, 0.1) is 0 Å². The molecule has 2 atom stereocenters. The number of benzene rings is 1. The van der Waals surface area contributed by atoms with Gasteiger partial charge in [0.25, 0.3) is 0 Å². The molecule has 2 nitrogen and oxygen atoms in total. The van der Waals surface area contributed by atoms with Crippen molar-refractivity contribution in [2.24, 2.45) is 11.1 Å². The van der Waals surface area contributed by atoms with Crippen LogP contribution in [0, 0.1) is 11.2 Å². The van der Waals surface area contributed by atoms with E-state index >= 15 is 0 Å². The highest BCUT2D eigenvalue weighted by molar-refractivity contribution is 5.87. The van der Waals surface area contributed by atoms with Crippen LogP contribution in [0.1, 0.15) is 31.7 Å². The van der Waals surface area contributed by atoms with Gasteiger partial charge >= 0.3 is 0 Å². The summed E-state index contributed by atoms with van der Waals surface area (Å²) < 4.78 is 12.8. The van der Waals surface area contributed by atoms with Crippen LogP contribution in [-0.2, 0) is 11.2 Å². The summed E-state index contributed by atoms with van der Waals surface area (Å²) in [5, 5.41) is 0. The van der Waals surface area contributed by atoms with Gasteiger partial charge in [-0.25, -0.2) is 4.39 Å². The number of carbonyl (C=O) groups is 1.